The molecule has 1 saturated heterocycles. The van der Waals surface area contributed by atoms with Crippen molar-refractivity contribution in [2.75, 3.05) is 18.0 Å². The van der Waals surface area contributed by atoms with E-state index in [4.69, 9.17) is 16.1 Å². The highest BCUT2D eigenvalue weighted by molar-refractivity contribution is 6.34. The molecule has 0 aliphatic carbocycles. The summed E-state index contributed by atoms with van der Waals surface area (Å²) in [5.41, 5.74) is 1.90. The minimum Gasteiger partial charge on any atom is -0.336 e. The number of aromatic amines is 1. The molecule has 0 radical (unpaired) electrons. The monoisotopic (exact) mass is 407 g/mol. The number of anilines is 1. The Balaban J connectivity index is 1.55. The lowest BCUT2D eigenvalue weighted by molar-refractivity contribution is 0.252. The highest BCUT2D eigenvalue weighted by Crippen LogP contribution is 2.32. The number of fused-ring (bicyclic) bond motifs is 1. The van der Waals surface area contributed by atoms with E-state index in [0.29, 0.717) is 34.9 Å². The van der Waals surface area contributed by atoms with Gasteiger partial charge in [-0.1, -0.05) is 35.0 Å². The zero-order valence-corrected chi connectivity index (χ0v) is 15.7. The number of hydrogen-bond donors (Lipinski definition) is 2. The summed E-state index contributed by atoms with van der Waals surface area (Å²) in [6.45, 7) is 1.07. The van der Waals surface area contributed by atoms with Crippen molar-refractivity contribution in [2.24, 2.45) is 0 Å². The number of nitrogens with zero attached hydrogens (tertiary/aromatic N) is 3. The average Bonchev–Trinajstić information content (AvgIpc) is 3.37. The molecule has 4 aromatic rings. The maximum atomic E-state index is 12.4. The zero-order valence-electron chi connectivity index (χ0n) is 15.0. The number of aromatic nitrogens is 3. The SMILES string of the molecule is O=C1NCCN1c1cc(-c2nc(-c3cc4ccccc4[nH]c3=O)no2)ccc1Cl. The molecule has 2 amide bonds. The van der Waals surface area contributed by atoms with Gasteiger partial charge >= 0.3 is 6.03 Å². The van der Waals surface area contributed by atoms with E-state index in [0.717, 1.165) is 10.9 Å². The predicted molar refractivity (Wildman–Crippen MR) is 109 cm³/mol. The molecule has 1 aliphatic rings. The van der Waals surface area contributed by atoms with Crippen molar-refractivity contribution in [1.82, 2.24) is 20.4 Å². The maximum absolute atomic E-state index is 12.4. The topological polar surface area (TPSA) is 104 Å². The third kappa shape index (κ3) is 3.03. The lowest BCUT2D eigenvalue weighted by Crippen LogP contribution is -2.27. The number of urea groups is 1. The highest BCUT2D eigenvalue weighted by Gasteiger charge is 2.24. The van der Waals surface area contributed by atoms with Crippen molar-refractivity contribution in [1.29, 1.82) is 0 Å². The summed E-state index contributed by atoms with van der Waals surface area (Å²) in [6.07, 6.45) is 0. The number of nitrogens with one attached hydrogen (secondary N) is 2. The molecular weight excluding hydrogens is 394 g/mol. The summed E-state index contributed by atoms with van der Waals surface area (Å²) in [4.78, 5) is 33.2. The number of H-pyrrole nitrogens is 1. The number of halogens is 1. The fourth-order valence-corrected chi connectivity index (χ4v) is 3.54. The average molecular weight is 408 g/mol. The van der Waals surface area contributed by atoms with Gasteiger partial charge in [-0.25, -0.2) is 4.79 Å². The molecule has 0 spiro atoms. The minimum absolute atomic E-state index is 0.183. The fraction of sp³-hybridized carbons (Fsp3) is 0.100. The van der Waals surface area contributed by atoms with Crippen LogP contribution in [0.5, 0.6) is 0 Å². The van der Waals surface area contributed by atoms with E-state index in [1.54, 1.807) is 29.2 Å². The summed E-state index contributed by atoms with van der Waals surface area (Å²) in [5.74, 6) is 0.410. The van der Waals surface area contributed by atoms with Gasteiger partial charge in [0.15, 0.2) is 0 Å². The summed E-state index contributed by atoms with van der Waals surface area (Å²) < 4.78 is 5.38. The van der Waals surface area contributed by atoms with Crippen LogP contribution in [-0.2, 0) is 0 Å². The third-order valence-corrected chi connectivity index (χ3v) is 5.08. The largest absolute Gasteiger partial charge is 0.336 e. The number of para-hydroxylation sites is 1. The summed E-state index contributed by atoms with van der Waals surface area (Å²) in [6, 6.07) is 14.1. The van der Waals surface area contributed by atoms with Crippen LogP contribution in [0.15, 0.2) is 57.8 Å². The Bertz CT molecular complexity index is 1310. The van der Waals surface area contributed by atoms with Gasteiger partial charge in [0, 0.05) is 24.2 Å². The number of hydrogen-bond acceptors (Lipinski definition) is 5. The van der Waals surface area contributed by atoms with Gasteiger partial charge in [-0.2, -0.15) is 4.98 Å². The zero-order chi connectivity index (χ0) is 20.0. The van der Waals surface area contributed by atoms with Crippen LogP contribution in [0, 0.1) is 0 Å². The Hall–Kier alpha value is -3.65. The van der Waals surface area contributed by atoms with Crippen LogP contribution in [0.3, 0.4) is 0 Å². The van der Waals surface area contributed by atoms with Gasteiger partial charge in [0.2, 0.25) is 5.82 Å². The molecule has 0 bridgehead atoms. The van der Waals surface area contributed by atoms with Gasteiger partial charge in [0.1, 0.15) is 0 Å². The minimum atomic E-state index is -0.304. The summed E-state index contributed by atoms with van der Waals surface area (Å²) >= 11 is 6.27. The Kier molecular flexibility index (Phi) is 4.06. The van der Waals surface area contributed by atoms with Gasteiger partial charge in [0.05, 0.1) is 16.3 Å². The highest BCUT2D eigenvalue weighted by atomic mass is 35.5. The lowest BCUT2D eigenvalue weighted by Gasteiger charge is -2.16. The number of amides is 2. The van der Waals surface area contributed by atoms with E-state index in [1.807, 2.05) is 24.3 Å². The lowest BCUT2D eigenvalue weighted by atomic mass is 10.1. The Morgan fingerprint density at radius 2 is 1.97 bits per heavy atom. The second kappa shape index (κ2) is 6.75. The van der Waals surface area contributed by atoms with Gasteiger partial charge in [-0.15, -0.1) is 0 Å². The predicted octanol–water partition coefficient (Wildman–Crippen LogP) is 3.43. The first-order valence-corrected chi connectivity index (χ1v) is 9.29. The van der Waals surface area contributed by atoms with Gasteiger partial charge in [-0.3, -0.25) is 9.69 Å². The molecule has 9 heteroatoms. The van der Waals surface area contributed by atoms with Gasteiger partial charge in [0.25, 0.3) is 11.4 Å². The molecular formula is C20H14ClN5O3. The number of benzene rings is 2. The first-order chi connectivity index (χ1) is 14.1. The third-order valence-electron chi connectivity index (χ3n) is 4.76. The van der Waals surface area contributed by atoms with Crippen LogP contribution in [0.4, 0.5) is 10.5 Å². The molecule has 8 nitrogen and oxygen atoms in total. The maximum Gasteiger partial charge on any atom is 0.322 e. The smallest absolute Gasteiger partial charge is 0.322 e. The number of carbonyl (C=O) groups is 1. The van der Waals surface area contributed by atoms with Crippen LogP contribution in [0.2, 0.25) is 5.02 Å². The van der Waals surface area contributed by atoms with Crippen LogP contribution >= 0.6 is 11.6 Å². The molecule has 2 N–H and O–H groups in total. The van der Waals surface area contributed by atoms with Crippen molar-refractivity contribution >= 4 is 34.2 Å². The van der Waals surface area contributed by atoms with E-state index >= 15 is 0 Å². The van der Waals surface area contributed by atoms with E-state index in [2.05, 4.69) is 20.4 Å². The van der Waals surface area contributed by atoms with Crippen LogP contribution in [-0.4, -0.2) is 34.2 Å². The molecule has 2 aromatic heterocycles. The van der Waals surface area contributed by atoms with Crippen LogP contribution in [0.25, 0.3) is 33.7 Å². The summed E-state index contributed by atoms with van der Waals surface area (Å²) in [5, 5.41) is 8.01. The van der Waals surface area contributed by atoms with Crippen LogP contribution in [0.1, 0.15) is 0 Å². The van der Waals surface area contributed by atoms with Gasteiger partial charge < -0.3 is 14.8 Å². The van der Waals surface area contributed by atoms with Crippen molar-refractivity contribution in [3.63, 3.8) is 0 Å². The molecule has 0 unspecified atom stereocenters. The first kappa shape index (κ1) is 17.4. The van der Waals surface area contributed by atoms with E-state index in [-0.39, 0.29) is 23.3 Å². The van der Waals surface area contributed by atoms with E-state index in [9.17, 15) is 9.59 Å². The molecule has 5 rings (SSSR count). The van der Waals surface area contributed by atoms with Crippen molar-refractivity contribution in [3.05, 3.63) is 63.9 Å². The molecule has 0 saturated carbocycles. The molecule has 1 aliphatic heterocycles. The second-order valence-corrected chi connectivity index (χ2v) is 6.98. The number of carbonyl (C=O) groups excluding carboxylic acids is 1. The standard InChI is InChI=1S/C20H14ClN5O3/c21-14-6-5-12(10-16(14)26-8-7-22-20(26)28)19-24-17(25-29-19)13-9-11-3-1-2-4-15(11)23-18(13)27/h1-6,9-10H,7-8H2,(H,22,28)(H,23,27). The van der Waals surface area contributed by atoms with Crippen molar-refractivity contribution < 1.29 is 9.32 Å². The molecule has 1 fully saturated rings. The second-order valence-electron chi connectivity index (χ2n) is 6.57. The quantitative estimate of drug-likeness (QED) is 0.541. The number of rotatable bonds is 3. The first-order valence-electron chi connectivity index (χ1n) is 8.91. The van der Waals surface area contributed by atoms with Crippen molar-refractivity contribution in [2.45, 2.75) is 0 Å². The molecule has 29 heavy (non-hydrogen) atoms. The Labute approximate surface area is 169 Å². The number of pyridine rings is 1. The van der Waals surface area contributed by atoms with Crippen molar-refractivity contribution in [3.8, 4) is 22.8 Å². The molecule has 144 valence electrons. The fourth-order valence-electron chi connectivity index (χ4n) is 3.32. The summed E-state index contributed by atoms with van der Waals surface area (Å²) in [7, 11) is 0. The normalized spacial score (nSPS) is 13.8. The Morgan fingerprint density at radius 3 is 2.79 bits per heavy atom. The molecule has 3 heterocycles. The Morgan fingerprint density at radius 1 is 1.10 bits per heavy atom. The van der Waals surface area contributed by atoms with E-state index < -0.39 is 0 Å². The van der Waals surface area contributed by atoms with Gasteiger partial charge in [-0.05, 0) is 35.7 Å². The van der Waals surface area contributed by atoms with E-state index in [1.165, 1.54) is 0 Å². The molecule has 2 aromatic carbocycles. The van der Waals surface area contributed by atoms with Crippen LogP contribution < -0.4 is 15.8 Å². The molecule has 0 atom stereocenters.